The molecule has 0 radical (unpaired) electrons. The Balaban J connectivity index is 1.86. The molecular weight excluding hydrogens is 238 g/mol. The zero-order valence-corrected chi connectivity index (χ0v) is 11.4. The van der Waals surface area contributed by atoms with E-state index in [1.807, 2.05) is 17.9 Å². The summed E-state index contributed by atoms with van der Waals surface area (Å²) in [5.41, 5.74) is 1.43. The van der Waals surface area contributed by atoms with Gasteiger partial charge in [0.15, 0.2) is 0 Å². The number of aryl methyl sites for hydroxylation is 1. The lowest BCUT2D eigenvalue weighted by Gasteiger charge is -2.38. The van der Waals surface area contributed by atoms with Crippen molar-refractivity contribution in [1.82, 2.24) is 4.90 Å². The van der Waals surface area contributed by atoms with E-state index < -0.39 is 0 Å². The Hall–Kier alpha value is -1.51. The number of hydrogen-bond donors (Lipinski definition) is 1. The second-order valence-corrected chi connectivity index (χ2v) is 5.92. The first-order valence-corrected chi connectivity index (χ1v) is 7.27. The summed E-state index contributed by atoms with van der Waals surface area (Å²) in [6, 6.07) is 5.72. The lowest BCUT2D eigenvalue weighted by atomic mass is 9.91. The van der Waals surface area contributed by atoms with Gasteiger partial charge in [0.2, 0.25) is 0 Å². The fourth-order valence-electron chi connectivity index (χ4n) is 3.68. The zero-order chi connectivity index (χ0) is 13.4. The SMILES string of the molecule is Cc1ccc(C(=O)N2CCCC3CCCC32)c(O)c1. The number of phenolic OH excluding ortho intramolecular Hbond substituents is 1. The van der Waals surface area contributed by atoms with Gasteiger partial charge < -0.3 is 10.0 Å². The summed E-state index contributed by atoms with van der Waals surface area (Å²) in [6.07, 6.45) is 5.98. The maximum absolute atomic E-state index is 12.6. The van der Waals surface area contributed by atoms with Crippen molar-refractivity contribution in [3.05, 3.63) is 29.3 Å². The van der Waals surface area contributed by atoms with Crippen LogP contribution in [0.3, 0.4) is 0 Å². The first kappa shape index (κ1) is 12.5. The van der Waals surface area contributed by atoms with Crippen LogP contribution in [-0.4, -0.2) is 28.5 Å². The Morgan fingerprint density at radius 3 is 2.84 bits per heavy atom. The van der Waals surface area contributed by atoms with Gasteiger partial charge in [0.25, 0.3) is 5.91 Å². The third-order valence-corrected chi connectivity index (χ3v) is 4.64. The first-order valence-electron chi connectivity index (χ1n) is 7.27. The van der Waals surface area contributed by atoms with Crippen LogP contribution >= 0.6 is 0 Å². The van der Waals surface area contributed by atoms with Crippen LogP contribution in [0.5, 0.6) is 5.75 Å². The molecule has 3 heteroatoms. The highest BCUT2D eigenvalue weighted by Gasteiger charge is 2.37. The molecule has 0 spiro atoms. The number of carbonyl (C=O) groups is 1. The van der Waals surface area contributed by atoms with Crippen molar-refractivity contribution in [2.24, 2.45) is 5.92 Å². The molecule has 1 saturated carbocycles. The third kappa shape index (κ3) is 2.22. The van der Waals surface area contributed by atoms with Gasteiger partial charge in [0, 0.05) is 12.6 Å². The Kier molecular flexibility index (Phi) is 3.21. The Bertz CT molecular complexity index is 498. The number of benzene rings is 1. The fraction of sp³-hybridized carbons (Fsp3) is 0.562. The van der Waals surface area contributed by atoms with Crippen molar-refractivity contribution in [2.75, 3.05) is 6.54 Å². The molecule has 2 fully saturated rings. The molecule has 0 aromatic heterocycles. The van der Waals surface area contributed by atoms with E-state index >= 15 is 0 Å². The Morgan fingerprint density at radius 2 is 2.05 bits per heavy atom. The topological polar surface area (TPSA) is 40.5 Å². The van der Waals surface area contributed by atoms with Crippen molar-refractivity contribution >= 4 is 5.91 Å². The summed E-state index contributed by atoms with van der Waals surface area (Å²) in [4.78, 5) is 14.6. The highest BCUT2D eigenvalue weighted by atomic mass is 16.3. The minimum Gasteiger partial charge on any atom is -0.507 e. The second-order valence-electron chi connectivity index (χ2n) is 5.92. The molecule has 3 rings (SSSR count). The molecule has 102 valence electrons. The van der Waals surface area contributed by atoms with Gasteiger partial charge in [-0.3, -0.25) is 4.79 Å². The molecule has 1 amide bonds. The summed E-state index contributed by atoms with van der Waals surface area (Å²) < 4.78 is 0. The van der Waals surface area contributed by atoms with Gasteiger partial charge in [0.05, 0.1) is 5.56 Å². The van der Waals surface area contributed by atoms with Crippen molar-refractivity contribution in [3.8, 4) is 5.75 Å². The summed E-state index contributed by atoms with van der Waals surface area (Å²) in [5, 5.41) is 9.99. The van der Waals surface area contributed by atoms with Crippen LogP contribution in [-0.2, 0) is 0 Å². The van der Waals surface area contributed by atoms with Gasteiger partial charge in [-0.15, -0.1) is 0 Å². The van der Waals surface area contributed by atoms with Gasteiger partial charge in [0.1, 0.15) is 5.75 Å². The molecule has 1 saturated heterocycles. The minimum absolute atomic E-state index is 0.00843. The maximum atomic E-state index is 12.6. The molecule has 1 aromatic rings. The van der Waals surface area contributed by atoms with Crippen LogP contribution < -0.4 is 0 Å². The van der Waals surface area contributed by atoms with Crippen molar-refractivity contribution < 1.29 is 9.90 Å². The minimum atomic E-state index is 0.00843. The highest BCUT2D eigenvalue weighted by Crippen LogP contribution is 2.38. The van der Waals surface area contributed by atoms with E-state index in [1.54, 1.807) is 12.1 Å². The molecule has 1 N–H and O–H groups in total. The van der Waals surface area contributed by atoms with Gasteiger partial charge in [-0.05, 0) is 56.2 Å². The van der Waals surface area contributed by atoms with E-state index in [0.29, 0.717) is 17.5 Å². The summed E-state index contributed by atoms with van der Waals surface area (Å²) in [5.74, 6) is 0.810. The predicted molar refractivity (Wildman–Crippen MR) is 74.2 cm³/mol. The lowest BCUT2D eigenvalue weighted by Crippen LogP contribution is -2.46. The largest absolute Gasteiger partial charge is 0.507 e. The molecule has 2 aliphatic rings. The van der Waals surface area contributed by atoms with Crippen molar-refractivity contribution in [1.29, 1.82) is 0 Å². The van der Waals surface area contributed by atoms with Gasteiger partial charge >= 0.3 is 0 Å². The Labute approximate surface area is 114 Å². The van der Waals surface area contributed by atoms with Crippen molar-refractivity contribution in [3.63, 3.8) is 0 Å². The number of carbonyl (C=O) groups excluding carboxylic acids is 1. The van der Waals surface area contributed by atoms with Crippen LogP contribution in [0.15, 0.2) is 18.2 Å². The smallest absolute Gasteiger partial charge is 0.257 e. The number of piperidine rings is 1. The van der Waals surface area contributed by atoms with E-state index in [2.05, 4.69) is 0 Å². The molecular formula is C16H21NO2. The molecule has 0 bridgehead atoms. The Morgan fingerprint density at radius 1 is 1.26 bits per heavy atom. The van der Waals surface area contributed by atoms with E-state index in [0.717, 1.165) is 24.9 Å². The molecule has 3 nitrogen and oxygen atoms in total. The number of nitrogens with zero attached hydrogens (tertiary/aromatic N) is 1. The van der Waals surface area contributed by atoms with E-state index in [1.165, 1.54) is 19.3 Å². The van der Waals surface area contributed by atoms with Crippen molar-refractivity contribution in [2.45, 2.75) is 45.1 Å². The molecule has 19 heavy (non-hydrogen) atoms. The second kappa shape index (κ2) is 4.87. The first-order chi connectivity index (χ1) is 9.16. The van der Waals surface area contributed by atoms with E-state index in [9.17, 15) is 9.90 Å². The standard InChI is InChI=1S/C16H21NO2/c1-11-7-8-13(15(18)10-11)16(19)17-9-3-5-12-4-2-6-14(12)17/h7-8,10,12,14,18H,2-6,9H2,1H3. The molecule has 2 unspecified atom stereocenters. The number of likely N-dealkylation sites (tertiary alicyclic amines) is 1. The van der Waals surface area contributed by atoms with E-state index in [4.69, 9.17) is 0 Å². The highest BCUT2D eigenvalue weighted by molar-refractivity contribution is 5.97. The number of fused-ring (bicyclic) bond motifs is 1. The zero-order valence-electron chi connectivity index (χ0n) is 11.4. The summed E-state index contributed by atoms with van der Waals surface area (Å²) in [6.45, 7) is 2.76. The molecule has 1 heterocycles. The number of amides is 1. The maximum Gasteiger partial charge on any atom is 0.257 e. The average Bonchev–Trinajstić information content (AvgIpc) is 2.86. The quantitative estimate of drug-likeness (QED) is 0.842. The third-order valence-electron chi connectivity index (χ3n) is 4.64. The average molecular weight is 259 g/mol. The van der Waals surface area contributed by atoms with Crippen LogP contribution in [0.1, 0.15) is 48.0 Å². The molecule has 2 atom stereocenters. The van der Waals surface area contributed by atoms with Crippen LogP contribution in [0.2, 0.25) is 0 Å². The molecule has 1 aromatic carbocycles. The number of aromatic hydroxyl groups is 1. The molecule has 1 aliphatic heterocycles. The van der Waals surface area contributed by atoms with Crippen LogP contribution in [0.4, 0.5) is 0 Å². The summed E-state index contributed by atoms with van der Waals surface area (Å²) >= 11 is 0. The van der Waals surface area contributed by atoms with Gasteiger partial charge in [-0.1, -0.05) is 12.5 Å². The summed E-state index contributed by atoms with van der Waals surface area (Å²) in [7, 11) is 0. The predicted octanol–water partition coefficient (Wildman–Crippen LogP) is 3.11. The number of phenols is 1. The van der Waals surface area contributed by atoms with E-state index in [-0.39, 0.29) is 11.7 Å². The molecule has 1 aliphatic carbocycles. The normalized spacial score (nSPS) is 26.3. The number of hydrogen-bond acceptors (Lipinski definition) is 2. The lowest BCUT2D eigenvalue weighted by molar-refractivity contribution is 0.0545. The van der Waals surface area contributed by atoms with Gasteiger partial charge in [-0.25, -0.2) is 0 Å². The van der Waals surface area contributed by atoms with Crippen LogP contribution in [0.25, 0.3) is 0 Å². The van der Waals surface area contributed by atoms with Crippen LogP contribution in [0, 0.1) is 12.8 Å². The number of rotatable bonds is 1. The monoisotopic (exact) mass is 259 g/mol. The van der Waals surface area contributed by atoms with Gasteiger partial charge in [-0.2, -0.15) is 0 Å². The fourth-order valence-corrected chi connectivity index (χ4v) is 3.68.